The topological polar surface area (TPSA) is 52.5 Å². The maximum Gasteiger partial charge on any atom is 0.141 e. The van der Waals surface area contributed by atoms with Crippen LogP contribution in [0.15, 0.2) is 24.4 Å². The number of aryl methyl sites for hydroxylation is 1. The number of rotatable bonds is 1. The number of nitrogens with one attached hydrogen (secondary N) is 1. The fraction of sp³-hybridized carbons (Fsp3) is 0.0909. The number of halogens is 1. The molecule has 0 bridgehead atoms. The van der Waals surface area contributed by atoms with Crippen molar-refractivity contribution in [3.8, 4) is 17.3 Å². The second-order valence-corrected chi connectivity index (χ2v) is 3.19. The van der Waals surface area contributed by atoms with Crippen LogP contribution in [0, 0.1) is 24.1 Å². The molecular formula is C11H8FN3. The first-order valence-electron chi connectivity index (χ1n) is 4.42. The Balaban J connectivity index is 2.48. The van der Waals surface area contributed by atoms with E-state index in [4.69, 9.17) is 5.26 Å². The summed E-state index contributed by atoms with van der Waals surface area (Å²) in [6.07, 6.45) is 1.64. The van der Waals surface area contributed by atoms with Gasteiger partial charge in [0.05, 0.1) is 17.5 Å². The van der Waals surface area contributed by atoms with Crippen molar-refractivity contribution in [3.63, 3.8) is 0 Å². The van der Waals surface area contributed by atoms with Gasteiger partial charge in [-0.25, -0.2) is 9.37 Å². The van der Waals surface area contributed by atoms with Gasteiger partial charge in [-0.1, -0.05) is 6.07 Å². The Kier molecular flexibility index (Phi) is 2.22. The van der Waals surface area contributed by atoms with Gasteiger partial charge >= 0.3 is 0 Å². The van der Waals surface area contributed by atoms with Crippen molar-refractivity contribution in [2.45, 2.75) is 6.92 Å². The zero-order chi connectivity index (χ0) is 10.8. The number of nitrogens with zero attached hydrogens (tertiary/aromatic N) is 2. The van der Waals surface area contributed by atoms with Crippen molar-refractivity contribution in [1.29, 1.82) is 5.26 Å². The van der Waals surface area contributed by atoms with Crippen molar-refractivity contribution >= 4 is 0 Å². The highest BCUT2D eigenvalue weighted by Crippen LogP contribution is 2.19. The van der Waals surface area contributed by atoms with Crippen LogP contribution in [0.4, 0.5) is 4.39 Å². The molecule has 0 aliphatic heterocycles. The number of benzene rings is 1. The third-order valence-corrected chi connectivity index (χ3v) is 2.10. The van der Waals surface area contributed by atoms with Gasteiger partial charge in [0.2, 0.25) is 0 Å². The normalized spacial score (nSPS) is 9.93. The van der Waals surface area contributed by atoms with Gasteiger partial charge in [0.1, 0.15) is 17.7 Å². The molecule has 2 aromatic rings. The van der Waals surface area contributed by atoms with Gasteiger partial charge in [0.15, 0.2) is 0 Å². The SMILES string of the molecule is Cc1ncc(-c2ccc(C#N)c(F)c2)[nH]1. The lowest BCUT2D eigenvalue weighted by molar-refractivity contribution is 0.624. The number of imidazole rings is 1. The summed E-state index contributed by atoms with van der Waals surface area (Å²) in [7, 11) is 0. The molecule has 1 aromatic heterocycles. The summed E-state index contributed by atoms with van der Waals surface area (Å²) in [5, 5.41) is 8.57. The van der Waals surface area contributed by atoms with E-state index < -0.39 is 5.82 Å². The zero-order valence-electron chi connectivity index (χ0n) is 8.08. The first-order chi connectivity index (χ1) is 7.20. The molecule has 0 amide bonds. The summed E-state index contributed by atoms with van der Waals surface area (Å²) in [5.74, 6) is 0.261. The van der Waals surface area contributed by atoms with Crippen molar-refractivity contribution in [2.75, 3.05) is 0 Å². The summed E-state index contributed by atoms with van der Waals surface area (Å²) < 4.78 is 13.3. The van der Waals surface area contributed by atoms with Crippen LogP contribution in [-0.2, 0) is 0 Å². The smallest absolute Gasteiger partial charge is 0.141 e. The lowest BCUT2D eigenvalue weighted by Crippen LogP contribution is -1.85. The average Bonchev–Trinajstić information content (AvgIpc) is 2.65. The Bertz CT molecular complexity index is 537. The molecule has 0 aliphatic rings. The standard InChI is InChI=1S/C11H8FN3/c1-7-14-6-11(15-7)8-2-3-9(5-13)10(12)4-8/h2-4,6H,1H3,(H,14,15). The van der Waals surface area contributed by atoms with E-state index in [9.17, 15) is 4.39 Å². The highest BCUT2D eigenvalue weighted by atomic mass is 19.1. The van der Waals surface area contributed by atoms with Gasteiger partial charge in [-0.05, 0) is 19.1 Å². The third-order valence-electron chi connectivity index (χ3n) is 2.10. The van der Waals surface area contributed by atoms with Gasteiger partial charge < -0.3 is 4.98 Å². The monoisotopic (exact) mass is 201 g/mol. The molecule has 2 rings (SSSR count). The maximum atomic E-state index is 13.3. The van der Waals surface area contributed by atoms with E-state index in [0.29, 0.717) is 5.56 Å². The predicted octanol–water partition coefficient (Wildman–Crippen LogP) is 2.40. The van der Waals surface area contributed by atoms with E-state index in [0.717, 1.165) is 11.5 Å². The van der Waals surface area contributed by atoms with Crippen LogP contribution in [0.2, 0.25) is 0 Å². The quantitative estimate of drug-likeness (QED) is 0.770. The van der Waals surface area contributed by atoms with Crippen LogP contribution < -0.4 is 0 Å². The van der Waals surface area contributed by atoms with Crippen LogP contribution >= 0.6 is 0 Å². The van der Waals surface area contributed by atoms with Crippen molar-refractivity contribution in [3.05, 3.63) is 41.6 Å². The lowest BCUT2D eigenvalue weighted by Gasteiger charge is -1.98. The number of aromatic nitrogens is 2. The van der Waals surface area contributed by atoms with Crippen LogP contribution in [0.1, 0.15) is 11.4 Å². The summed E-state index contributed by atoms with van der Waals surface area (Å²) >= 11 is 0. The molecule has 1 N–H and O–H groups in total. The molecule has 0 unspecified atom stereocenters. The maximum absolute atomic E-state index is 13.3. The molecule has 0 atom stereocenters. The minimum Gasteiger partial charge on any atom is -0.342 e. The molecule has 0 spiro atoms. The van der Waals surface area contributed by atoms with Gasteiger partial charge in [0, 0.05) is 5.56 Å². The number of hydrogen-bond acceptors (Lipinski definition) is 2. The van der Waals surface area contributed by atoms with Gasteiger partial charge in [-0.3, -0.25) is 0 Å². The van der Waals surface area contributed by atoms with E-state index in [2.05, 4.69) is 9.97 Å². The second-order valence-electron chi connectivity index (χ2n) is 3.19. The minimum absolute atomic E-state index is 0.0509. The van der Waals surface area contributed by atoms with Crippen molar-refractivity contribution in [1.82, 2.24) is 9.97 Å². The van der Waals surface area contributed by atoms with Crippen LogP contribution in [0.5, 0.6) is 0 Å². The van der Waals surface area contributed by atoms with Gasteiger partial charge in [-0.15, -0.1) is 0 Å². The summed E-state index contributed by atoms with van der Waals surface area (Å²) in [5.41, 5.74) is 1.48. The number of aromatic amines is 1. The minimum atomic E-state index is -0.512. The highest BCUT2D eigenvalue weighted by Gasteiger charge is 2.05. The molecule has 4 heteroatoms. The molecule has 15 heavy (non-hydrogen) atoms. The first kappa shape index (κ1) is 9.41. The fourth-order valence-electron chi connectivity index (χ4n) is 1.34. The second kappa shape index (κ2) is 3.54. The fourth-order valence-corrected chi connectivity index (χ4v) is 1.34. The molecular weight excluding hydrogens is 193 g/mol. The predicted molar refractivity (Wildman–Crippen MR) is 53.4 cm³/mol. The molecule has 74 valence electrons. The zero-order valence-corrected chi connectivity index (χ0v) is 8.08. The summed E-state index contributed by atoms with van der Waals surface area (Å²) in [4.78, 5) is 7.02. The van der Waals surface area contributed by atoms with Crippen LogP contribution in [-0.4, -0.2) is 9.97 Å². The molecule has 1 heterocycles. The lowest BCUT2D eigenvalue weighted by atomic mass is 10.1. The van der Waals surface area contributed by atoms with E-state index in [-0.39, 0.29) is 5.56 Å². The van der Waals surface area contributed by atoms with Gasteiger partial charge in [0.25, 0.3) is 0 Å². The molecule has 3 nitrogen and oxygen atoms in total. The van der Waals surface area contributed by atoms with Crippen LogP contribution in [0.3, 0.4) is 0 Å². The Labute approximate surface area is 86.2 Å². The van der Waals surface area contributed by atoms with E-state index in [1.165, 1.54) is 12.1 Å². The number of hydrogen-bond donors (Lipinski definition) is 1. The number of H-pyrrole nitrogens is 1. The van der Waals surface area contributed by atoms with Crippen molar-refractivity contribution < 1.29 is 4.39 Å². The summed E-state index contributed by atoms with van der Waals surface area (Å²) in [6, 6.07) is 6.25. The molecule has 0 saturated heterocycles. The molecule has 1 aromatic carbocycles. The average molecular weight is 201 g/mol. The number of nitriles is 1. The first-order valence-corrected chi connectivity index (χ1v) is 4.42. The Morgan fingerprint density at radius 1 is 1.47 bits per heavy atom. The Morgan fingerprint density at radius 3 is 2.80 bits per heavy atom. The van der Waals surface area contributed by atoms with Gasteiger partial charge in [-0.2, -0.15) is 5.26 Å². The largest absolute Gasteiger partial charge is 0.342 e. The summed E-state index contributed by atoms with van der Waals surface area (Å²) in [6.45, 7) is 1.82. The highest BCUT2D eigenvalue weighted by molar-refractivity contribution is 5.59. The molecule has 0 aliphatic carbocycles. The Hall–Kier alpha value is -2.15. The van der Waals surface area contributed by atoms with Crippen LogP contribution in [0.25, 0.3) is 11.3 Å². The molecule has 0 radical (unpaired) electrons. The van der Waals surface area contributed by atoms with E-state index in [1.807, 2.05) is 6.92 Å². The van der Waals surface area contributed by atoms with E-state index in [1.54, 1.807) is 18.3 Å². The van der Waals surface area contributed by atoms with Crippen molar-refractivity contribution in [2.24, 2.45) is 0 Å². The Morgan fingerprint density at radius 2 is 2.27 bits per heavy atom. The third kappa shape index (κ3) is 1.72. The molecule has 0 saturated carbocycles. The molecule has 0 fully saturated rings. The van der Waals surface area contributed by atoms with E-state index >= 15 is 0 Å².